The van der Waals surface area contributed by atoms with Crippen molar-refractivity contribution in [1.29, 1.82) is 5.26 Å². The van der Waals surface area contributed by atoms with Crippen molar-refractivity contribution in [1.82, 2.24) is 0 Å². The molecule has 0 radical (unpaired) electrons. The van der Waals surface area contributed by atoms with Gasteiger partial charge in [-0.1, -0.05) is 6.07 Å². The van der Waals surface area contributed by atoms with Crippen LogP contribution in [0, 0.1) is 27.3 Å². The fourth-order valence-corrected chi connectivity index (χ4v) is 1.96. The lowest BCUT2D eigenvalue weighted by Gasteiger charge is -2.10. The van der Waals surface area contributed by atoms with Crippen molar-refractivity contribution < 1.29 is 14.1 Å². The molecular formula is C14H8ClFN2O3. The molecule has 0 bridgehead atoms. The number of nitrogens with zero attached hydrogens (tertiary/aromatic N) is 2. The summed E-state index contributed by atoms with van der Waals surface area (Å²) in [6.07, 6.45) is 0. The first-order valence-electron chi connectivity index (χ1n) is 5.76. The molecule has 0 saturated heterocycles. The molecule has 0 atom stereocenters. The summed E-state index contributed by atoms with van der Waals surface area (Å²) in [4.78, 5) is 10.3. The SMILES string of the molecule is N#Cc1ccc(Oc2cccc(F)c2CCl)c([N+](=O)[O-])c1. The lowest BCUT2D eigenvalue weighted by atomic mass is 10.2. The molecule has 0 unspecified atom stereocenters. The summed E-state index contributed by atoms with van der Waals surface area (Å²) < 4.78 is 19.0. The van der Waals surface area contributed by atoms with Gasteiger partial charge in [0.15, 0.2) is 0 Å². The van der Waals surface area contributed by atoms with Gasteiger partial charge < -0.3 is 4.74 Å². The van der Waals surface area contributed by atoms with E-state index in [-0.39, 0.29) is 34.2 Å². The molecule has 2 aromatic rings. The van der Waals surface area contributed by atoms with Gasteiger partial charge in [-0.2, -0.15) is 5.26 Å². The first-order chi connectivity index (χ1) is 10.1. The Kier molecular flexibility index (Phi) is 4.36. The molecule has 0 aliphatic carbocycles. The molecule has 5 nitrogen and oxygen atoms in total. The first-order valence-corrected chi connectivity index (χ1v) is 6.30. The number of alkyl halides is 1. The number of nitriles is 1. The van der Waals surface area contributed by atoms with E-state index in [0.29, 0.717) is 0 Å². The Morgan fingerprint density at radius 3 is 2.71 bits per heavy atom. The van der Waals surface area contributed by atoms with Crippen molar-refractivity contribution in [3.8, 4) is 17.6 Å². The largest absolute Gasteiger partial charge is 0.450 e. The predicted molar refractivity (Wildman–Crippen MR) is 73.8 cm³/mol. The first kappa shape index (κ1) is 14.8. The van der Waals surface area contributed by atoms with Gasteiger partial charge in [0.25, 0.3) is 0 Å². The summed E-state index contributed by atoms with van der Waals surface area (Å²) in [7, 11) is 0. The van der Waals surface area contributed by atoms with E-state index in [1.54, 1.807) is 6.07 Å². The molecule has 2 aromatic carbocycles. The lowest BCUT2D eigenvalue weighted by molar-refractivity contribution is -0.385. The highest BCUT2D eigenvalue weighted by atomic mass is 35.5. The molecule has 0 fully saturated rings. The van der Waals surface area contributed by atoms with Crippen molar-refractivity contribution in [3.05, 3.63) is 63.5 Å². The van der Waals surface area contributed by atoms with Crippen LogP contribution in [-0.4, -0.2) is 4.92 Å². The number of benzene rings is 2. The van der Waals surface area contributed by atoms with Gasteiger partial charge in [0.1, 0.15) is 11.6 Å². The van der Waals surface area contributed by atoms with Crippen molar-refractivity contribution in [2.45, 2.75) is 5.88 Å². The zero-order valence-electron chi connectivity index (χ0n) is 10.5. The number of hydrogen-bond acceptors (Lipinski definition) is 4. The van der Waals surface area contributed by atoms with E-state index in [0.717, 1.165) is 6.07 Å². The summed E-state index contributed by atoms with van der Waals surface area (Å²) in [6.45, 7) is 0. The van der Waals surface area contributed by atoms with Gasteiger partial charge in [-0.25, -0.2) is 4.39 Å². The van der Waals surface area contributed by atoms with Crippen molar-refractivity contribution >= 4 is 17.3 Å². The number of ether oxygens (including phenoxy) is 1. The molecular weight excluding hydrogens is 299 g/mol. The molecule has 0 spiro atoms. The van der Waals surface area contributed by atoms with Crippen LogP contribution in [0.15, 0.2) is 36.4 Å². The summed E-state index contributed by atoms with van der Waals surface area (Å²) in [5, 5.41) is 19.8. The van der Waals surface area contributed by atoms with Crippen molar-refractivity contribution in [2.24, 2.45) is 0 Å². The van der Waals surface area contributed by atoms with Crippen LogP contribution in [0.2, 0.25) is 0 Å². The third-order valence-electron chi connectivity index (χ3n) is 2.71. The standard InChI is InChI=1S/C14H8ClFN2O3/c15-7-10-11(16)2-1-3-13(10)21-14-5-4-9(8-17)6-12(14)18(19)20/h1-6H,7H2. The summed E-state index contributed by atoms with van der Waals surface area (Å²) in [6, 6.07) is 9.66. The van der Waals surface area contributed by atoms with Gasteiger partial charge in [0.05, 0.1) is 22.4 Å². The monoisotopic (exact) mass is 306 g/mol. The molecule has 0 heterocycles. The topological polar surface area (TPSA) is 76.2 Å². The summed E-state index contributed by atoms with van der Waals surface area (Å²) in [5.41, 5.74) is -0.137. The fourth-order valence-electron chi connectivity index (χ4n) is 1.70. The fraction of sp³-hybridized carbons (Fsp3) is 0.0714. The van der Waals surface area contributed by atoms with Gasteiger partial charge in [-0.05, 0) is 24.3 Å². The van der Waals surface area contributed by atoms with Gasteiger partial charge in [0, 0.05) is 11.6 Å². The van der Waals surface area contributed by atoms with Gasteiger partial charge in [0.2, 0.25) is 5.75 Å². The quantitative estimate of drug-likeness (QED) is 0.483. The second kappa shape index (κ2) is 6.20. The minimum Gasteiger partial charge on any atom is -0.450 e. The smallest absolute Gasteiger partial charge is 0.312 e. The Balaban J connectivity index is 2.47. The van der Waals surface area contributed by atoms with Crippen LogP contribution in [0.4, 0.5) is 10.1 Å². The minimum absolute atomic E-state index is 0.0871. The third-order valence-corrected chi connectivity index (χ3v) is 2.98. The van der Waals surface area contributed by atoms with E-state index < -0.39 is 10.7 Å². The number of nitro benzene ring substituents is 1. The van der Waals surface area contributed by atoms with Crippen molar-refractivity contribution in [3.63, 3.8) is 0 Å². The maximum Gasteiger partial charge on any atom is 0.312 e. The Morgan fingerprint density at radius 1 is 1.33 bits per heavy atom. The number of nitro groups is 1. The zero-order chi connectivity index (χ0) is 15.4. The average Bonchev–Trinajstić information content (AvgIpc) is 2.47. The van der Waals surface area contributed by atoms with E-state index in [9.17, 15) is 14.5 Å². The van der Waals surface area contributed by atoms with Crippen LogP contribution in [0.25, 0.3) is 0 Å². The minimum atomic E-state index is -0.671. The zero-order valence-corrected chi connectivity index (χ0v) is 11.3. The second-order valence-electron chi connectivity index (χ2n) is 4.00. The van der Waals surface area contributed by atoms with Gasteiger partial charge in [-0.15, -0.1) is 11.6 Å². The Morgan fingerprint density at radius 2 is 2.10 bits per heavy atom. The molecule has 2 rings (SSSR count). The Bertz CT molecular complexity index is 743. The van der Waals surface area contributed by atoms with Crippen LogP contribution in [0.3, 0.4) is 0 Å². The van der Waals surface area contributed by atoms with Crippen LogP contribution in [-0.2, 0) is 5.88 Å². The molecule has 21 heavy (non-hydrogen) atoms. The highest BCUT2D eigenvalue weighted by Crippen LogP contribution is 2.34. The van der Waals surface area contributed by atoms with E-state index in [2.05, 4.69) is 0 Å². The summed E-state index contributed by atoms with van der Waals surface area (Å²) in [5.74, 6) is -0.681. The maximum absolute atomic E-state index is 13.6. The summed E-state index contributed by atoms with van der Waals surface area (Å²) >= 11 is 5.66. The number of halogens is 2. The van der Waals surface area contributed by atoms with Gasteiger partial charge >= 0.3 is 5.69 Å². The third kappa shape index (κ3) is 3.09. The average molecular weight is 307 g/mol. The predicted octanol–water partition coefficient (Wildman–Crippen LogP) is 4.14. The molecule has 0 amide bonds. The van der Waals surface area contributed by atoms with Gasteiger partial charge in [-0.3, -0.25) is 10.1 Å². The highest BCUT2D eigenvalue weighted by molar-refractivity contribution is 6.17. The molecule has 0 aliphatic heterocycles. The van der Waals surface area contributed by atoms with Crippen LogP contribution in [0.5, 0.6) is 11.5 Å². The van der Waals surface area contributed by atoms with E-state index >= 15 is 0 Å². The molecule has 106 valence electrons. The Hall–Kier alpha value is -2.65. The number of hydrogen-bond donors (Lipinski definition) is 0. The second-order valence-corrected chi connectivity index (χ2v) is 4.27. The molecule has 7 heteroatoms. The number of rotatable bonds is 4. The van der Waals surface area contributed by atoms with Crippen molar-refractivity contribution in [2.75, 3.05) is 0 Å². The van der Waals surface area contributed by atoms with E-state index in [1.807, 2.05) is 0 Å². The molecule has 0 saturated carbocycles. The van der Waals surface area contributed by atoms with Crippen LogP contribution in [0.1, 0.15) is 11.1 Å². The van der Waals surface area contributed by atoms with Crippen LogP contribution >= 0.6 is 11.6 Å². The lowest BCUT2D eigenvalue weighted by Crippen LogP contribution is -1.97. The molecule has 0 aliphatic rings. The Labute approximate surface area is 124 Å². The van der Waals surface area contributed by atoms with E-state index in [4.69, 9.17) is 21.6 Å². The molecule has 0 aromatic heterocycles. The normalized spacial score (nSPS) is 9.95. The highest BCUT2D eigenvalue weighted by Gasteiger charge is 2.18. The maximum atomic E-state index is 13.6. The van der Waals surface area contributed by atoms with E-state index in [1.165, 1.54) is 30.3 Å². The van der Waals surface area contributed by atoms with Crippen LogP contribution < -0.4 is 4.74 Å². The molecule has 0 N–H and O–H groups in total.